The lowest BCUT2D eigenvalue weighted by Crippen LogP contribution is -2.55. The molecule has 0 aliphatic carbocycles. The van der Waals surface area contributed by atoms with E-state index in [4.69, 9.17) is 9.15 Å². The minimum Gasteiger partial charge on any atom is -0.459 e. The molecule has 5 rings (SSSR count). The van der Waals surface area contributed by atoms with E-state index in [0.717, 1.165) is 33.5 Å². The first-order chi connectivity index (χ1) is 17.8. The lowest BCUT2D eigenvalue weighted by Gasteiger charge is -2.38. The van der Waals surface area contributed by atoms with Crippen molar-refractivity contribution in [1.29, 1.82) is 0 Å². The zero-order chi connectivity index (χ0) is 26.1. The van der Waals surface area contributed by atoms with Gasteiger partial charge in [-0.15, -0.1) is 0 Å². The van der Waals surface area contributed by atoms with E-state index >= 15 is 0 Å². The van der Waals surface area contributed by atoms with Crippen molar-refractivity contribution < 1.29 is 18.7 Å². The zero-order valence-corrected chi connectivity index (χ0v) is 21.7. The van der Waals surface area contributed by atoms with Gasteiger partial charge in [0.2, 0.25) is 11.8 Å². The smallest absolute Gasteiger partial charge is 0.246 e. The Kier molecular flexibility index (Phi) is 6.99. The van der Waals surface area contributed by atoms with Crippen molar-refractivity contribution in [2.75, 3.05) is 37.3 Å². The number of carbonyl (C=O) groups excluding carboxylic acids is 2. The molecule has 2 aliphatic rings. The maximum absolute atomic E-state index is 13.0. The molecule has 2 N–H and O–H groups in total. The summed E-state index contributed by atoms with van der Waals surface area (Å²) in [6.07, 6.45) is 5.05. The molecule has 0 unspecified atom stereocenters. The number of hydrogen-bond acceptors (Lipinski definition) is 7. The average Bonchev–Trinajstić information content (AvgIpc) is 3.07. The number of nitrogens with one attached hydrogen (secondary N) is 2. The molecule has 4 heterocycles. The highest BCUT2D eigenvalue weighted by molar-refractivity contribution is 5.99. The molecule has 0 spiro atoms. The van der Waals surface area contributed by atoms with Crippen LogP contribution in [-0.2, 0) is 20.9 Å². The van der Waals surface area contributed by atoms with E-state index in [1.165, 1.54) is 6.08 Å². The van der Waals surface area contributed by atoms with E-state index in [2.05, 4.69) is 20.5 Å². The van der Waals surface area contributed by atoms with Crippen LogP contribution in [-0.4, -0.2) is 71.5 Å². The SMILES string of the molecule is Cc1c(CN(C)C(=O)/C=C/c2cnc3c(c2)NC[C@@H](N2C[C@@H](C)O[C@@H](C)C2)C(=O)N3)oc2ccccc12. The highest BCUT2D eigenvalue weighted by Crippen LogP contribution is 2.27. The van der Waals surface area contributed by atoms with E-state index in [1.807, 2.05) is 51.1 Å². The third-order valence-electron chi connectivity index (χ3n) is 6.95. The van der Waals surface area contributed by atoms with Crippen LogP contribution in [0, 0.1) is 6.92 Å². The van der Waals surface area contributed by atoms with Crippen molar-refractivity contribution >= 4 is 40.4 Å². The lowest BCUT2D eigenvalue weighted by atomic mass is 10.1. The van der Waals surface area contributed by atoms with Gasteiger partial charge in [-0.25, -0.2) is 4.98 Å². The molecular weight excluding hydrogens is 470 g/mol. The van der Waals surface area contributed by atoms with E-state index in [1.54, 1.807) is 24.2 Å². The van der Waals surface area contributed by atoms with E-state index in [-0.39, 0.29) is 30.1 Å². The molecule has 1 aromatic carbocycles. The van der Waals surface area contributed by atoms with E-state index in [0.29, 0.717) is 32.0 Å². The summed E-state index contributed by atoms with van der Waals surface area (Å²) in [6.45, 7) is 8.29. The minimum atomic E-state index is -0.320. The van der Waals surface area contributed by atoms with Gasteiger partial charge in [-0.3, -0.25) is 14.5 Å². The topological polar surface area (TPSA) is 99.9 Å². The predicted molar refractivity (Wildman–Crippen MR) is 143 cm³/mol. The summed E-state index contributed by atoms with van der Waals surface area (Å²) in [5.41, 5.74) is 3.35. The van der Waals surface area contributed by atoms with Crippen LogP contribution in [0.15, 0.2) is 47.0 Å². The number of morpholine rings is 1. The van der Waals surface area contributed by atoms with Crippen LogP contribution in [0.5, 0.6) is 0 Å². The first kappa shape index (κ1) is 25.0. The third-order valence-corrected chi connectivity index (χ3v) is 6.95. The second-order valence-electron chi connectivity index (χ2n) is 9.94. The molecule has 1 saturated heterocycles. The normalized spacial score (nSPS) is 22.4. The van der Waals surface area contributed by atoms with Gasteiger partial charge >= 0.3 is 0 Å². The zero-order valence-electron chi connectivity index (χ0n) is 21.7. The van der Waals surface area contributed by atoms with Gasteiger partial charge < -0.3 is 24.7 Å². The van der Waals surface area contributed by atoms with Crippen molar-refractivity contribution in [3.8, 4) is 0 Å². The quantitative estimate of drug-likeness (QED) is 0.513. The summed E-state index contributed by atoms with van der Waals surface area (Å²) in [4.78, 5) is 34.0. The van der Waals surface area contributed by atoms with Crippen LogP contribution in [0.2, 0.25) is 0 Å². The molecule has 2 aromatic heterocycles. The molecule has 37 heavy (non-hydrogen) atoms. The molecule has 0 radical (unpaired) electrons. The number of aromatic nitrogens is 1. The number of amides is 2. The molecule has 0 bridgehead atoms. The standard InChI is InChI=1S/C28H33N5O4/c1-17-14-33(15-18(2)36-17)23-13-29-22-11-20(12-30-27(22)31-28(23)35)9-10-26(34)32(4)16-25-19(3)21-7-5-6-8-24(21)37-25/h5-12,17-18,23,29H,13-16H2,1-4H3,(H,30,31,35)/b10-9+/t17-,18+,23-/m1/s1. The number of fused-ring (bicyclic) bond motifs is 2. The number of nitrogens with zero attached hydrogens (tertiary/aromatic N) is 3. The van der Waals surface area contributed by atoms with Crippen LogP contribution in [0.3, 0.4) is 0 Å². The van der Waals surface area contributed by atoms with Gasteiger partial charge in [-0.05, 0) is 44.5 Å². The Morgan fingerprint density at radius 2 is 2.00 bits per heavy atom. The second-order valence-corrected chi connectivity index (χ2v) is 9.94. The molecule has 2 aliphatic heterocycles. The number of hydrogen-bond donors (Lipinski definition) is 2. The number of para-hydroxylation sites is 1. The van der Waals surface area contributed by atoms with E-state index < -0.39 is 0 Å². The van der Waals surface area contributed by atoms with Crippen molar-refractivity contribution in [3.63, 3.8) is 0 Å². The van der Waals surface area contributed by atoms with Crippen molar-refractivity contribution in [2.24, 2.45) is 0 Å². The predicted octanol–water partition coefficient (Wildman–Crippen LogP) is 3.65. The number of pyridine rings is 1. The van der Waals surface area contributed by atoms with E-state index in [9.17, 15) is 9.59 Å². The molecule has 0 saturated carbocycles. The van der Waals surface area contributed by atoms with Crippen LogP contribution >= 0.6 is 0 Å². The van der Waals surface area contributed by atoms with Gasteiger partial charge in [0, 0.05) is 49.9 Å². The monoisotopic (exact) mass is 503 g/mol. The van der Waals surface area contributed by atoms with Crippen molar-refractivity contribution in [3.05, 3.63) is 59.5 Å². The Morgan fingerprint density at radius 3 is 2.76 bits per heavy atom. The fourth-order valence-electron chi connectivity index (χ4n) is 5.04. The Hall–Kier alpha value is -3.69. The Bertz CT molecular complexity index is 1340. The Labute approximate surface area is 216 Å². The largest absolute Gasteiger partial charge is 0.459 e. The summed E-state index contributed by atoms with van der Waals surface area (Å²) in [6, 6.07) is 9.43. The second kappa shape index (κ2) is 10.4. The number of likely N-dealkylation sites (N-methyl/N-ethyl adjacent to an activating group) is 1. The van der Waals surface area contributed by atoms with Crippen LogP contribution in [0.25, 0.3) is 17.0 Å². The van der Waals surface area contributed by atoms with Gasteiger partial charge in [-0.1, -0.05) is 18.2 Å². The number of benzene rings is 1. The molecule has 9 heteroatoms. The van der Waals surface area contributed by atoms with Gasteiger partial charge in [0.25, 0.3) is 0 Å². The summed E-state index contributed by atoms with van der Waals surface area (Å²) in [5.74, 6) is 1.03. The highest BCUT2D eigenvalue weighted by Gasteiger charge is 2.34. The van der Waals surface area contributed by atoms with Gasteiger partial charge in [-0.2, -0.15) is 0 Å². The average molecular weight is 504 g/mol. The van der Waals surface area contributed by atoms with Gasteiger partial charge in [0.05, 0.1) is 24.4 Å². The highest BCUT2D eigenvalue weighted by atomic mass is 16.5. The Morgan fingerprint density at radius 1 is 1.24 bits per heavy atom. The minimum absolute atomic E-state index is 0.0727. The number of anilines is 2. The summed E-state index contributed by atoms with van der Waals surface area (Å²) < 4.78 is 11.8. The van der Waals surface area contributed by atoms with Crippen molar-refractivity contribution in [2.45, 2.75) is 45.6 Å². The molecule has 3 atom stereocenters. The number of carbonyl (C=O) groups is 2. The summed E-state index contributed by atoms with van der Waals surface area (Å²) in [5, 5.41) is 7.37. The first-order valence-electron chi connectivity index (χ1n) is 12.6. The molecule has 194 valence electrons. The number of furan rings is 1. The Balaban J connectivity index is 1.24. The molecule has 9 nitrogen and oxygen atoms in total. The first-order valence-corrected chi connectivity index (χ1v) is 12.6. The van der Waals surface area contributed by atoms with Crippen molar-refractivity contribution in [1.82, 2.24) is 14.8 Å². The maximum Gasteiger partial charge on any atom is 0.246 e. The fraction of sp³-hybridized carbons (Fsp3) is 0.393. The van der Waals surface area contributed by atoms with Crippen LogP contribution < -0.4 is 10.6 Å². The summed E-state index contributed by atoms with van der Waals surface area (Å²) >= 11 is 0. The van der Waals surface area contributed by atoms with Gasteiger partial charge in [0.15, 0.2) is 5.82 Å². The van der Waals surface area contributed by atoms with Crippen LogP contribution in [0.4, 0.5) is 11.5 Å². The lowest BCUT2D eigenvalue weighted by molar-refractivity contribution is -0.127. The number of aryl methyl sites for hydroxylation is 1. The van der Waals surface area contributed by atoms with Gasteiger partial charge in [0.1, 0.15) is 17.4 Å². The molecule has 1 fully saturated rings. The number of ether oxygens (including phenoxy) is 1. The third kappa shape index (κ3) is 5.38. The molecule has 3 aromatic rings. The fourth-order valence-corrected chi connectivity index (χ4v) is 5.04. The number of rotatable bonds is 5. The maximum atomic E-state index is 13.0. The molecular formula is C28H33N5O4. The summed E-state index contributed by atoms with van der Waals surface area (Å²) in [7, 11) is 1.75. The van der Waals surface area contributed by atoms with Crippen LogP contribution in [0.1, 0.15) is 30.7 Å². The molecule has 2 amide bonds.